The molecule has 0 radical (unpaired) electrons. The van der Waals surface area contributed by atoms with Gasteiger partial charge in [-0.15, -0.1) is 0 Å². The zero-order chi connectivity index (χ0) is 14.6. The van der Waals surface area contributed by atoms with E-state index in [1.54, 1.807) is 0 Å². The minimum absolute atomic E-state index is 0.0846. The summed E-state index contributed by atoms with van der Waals surface area (Å²) in [6, 6.07) is 0. The maximum atomic E-state index is 10.5. The van der Waals surface area contributed by atoms with Crippen LogP contribution in [-0.4, -0.2) is 11.0 Å². The van der Waals surface area contributed by atoms with Crippen LogP contribution in [0.5, 0.6) is 0 Å². The molecule has 4 nitrogen and oxygen atoms in total. The quantitative estimate of drug-likeness (QED) is 0.418. The lowest BCUT2D eigenvalue weighted by atomic mass is 10.1. The highest BCUT2D eigenvalue weighted by Crippen LogP contribution is 2.32. The van der Waals surface area contributed by atoms with Gasteiger partial charge in [0.1, 0.15) is 0 Å². The van der Waals surface area contributed by atoms with Gasteiger partial charge in [-0.2, -0.15) is 0 Å². The average molecular weight is 292 g/mol. The highest BCUT2D eigenvalue weighted by molar-refractivity contribution is 7.49. The molecule has 0 aromatic rings. The fourth-order valence-electron chi connectivity index (χ4n) is 2.15. The van der Waals surface area contributed by atoms with E-state index in [2.05, 4.69) is 6.92 Å². The van der Waals surface area contributed by atoms with Gasteiger partial charge in [0.2, 0.25) is 0 Å². The Labute approximate surface area is 117 Å². The summed E-state index contributed by atoms with van der Waals surface area (Å²) in [4.78, 5) is 20.9. The Morgan fingerprint density at radius 2 is 1.21 bits per heavy atom. The van der Waals surface area contributed by atoms with Crippen LogP contribution < -0.4 is 9.79 Å². The highest BCUT2D eigenvalue weighted by atomic mass is 31.2. The van der Waals surface area contributed by atoms with Crippen molar-refractivity contribution in [1.29, 1.82) is 0 Å². The molecule has 0 rings (SSSR count). The Bertz CT molecular complexity index is 240. The van der Waals surface area contributed by atoms with E-state index in [0.29, 0.717) is 6.42 Å². The molecule has 1 atom stereocenters. The summed E-state index contributed by atoms with van der Waals surface area (Å²) >= 11 is 0. The average Bonchev–Trinajstić information content (AvgIpc) is 2.34. The minimum atomic E-state index is -4.78. The molecule has 0 aliphatic heterocycles. The molecule has 0 bridgehead atoms. The number of hydrogen-bond donors (Lipinski definition) is 1. The summed E-state index contributed by atoms with van der Waals surface area (Å²) in [6.45, 7) is 2.22. The molecule has 116 valence electrons. The second-order valence-electron chi connectivity index (χ2n) is 5.34. The van der Waals surface area contributed by atoms with Crippen LogP contribution in [0.4, 0.5) is 0 Å². The Balaban J connectivity index is 3.17. The van der Waals surface area contributed by atoms with Crippen molar-refractivity contribution in [1.82, 2.24) is 0 Å². The number of unbranched alkanes of at least 4 members (excludes halogenated alkanes) is 10. The molecule has 1 unspecified atom stereocenters. The van der Waals surface area contributed by atoms with Crippen molar-refractivity contribution >= 4 is 7.60 Å². The molecule has 19 heavy (non-hydrogen) atoms. The lowest BCUT2D eigenvalue weighted by Crippen LogP contribution is -2.25. The largest absolute Gasteiger partial charge is 0.809 e. The smallest absolute Gasteiger partial charge is 0.0807 e. The zero-order valence-corrected chi connectivity index (χ0v) is 13.1. The summed E-state index contributed by atoms with van der Waals surface area (Å²) in [5, 5.41) is 9.04. The van der Waals surface area contributed by atoms with Crippen molar-refractivity contribution in [2.75, 3.05) is 0 Å². The molecule has 0 aromatic heterocycles. The molecule has 0 amide bonds. The third-order valence-electron chi connectivity index (χ3n) is 3.43. The SMILES string of the molecule is CCCCCCCCCCCCCC(O)P(=O)([O-])[O-]. The molecule has 1 N–H and O–H groups in total. The number of hydrogen-bond acceptors (Lipinski definition) is 4. The van der Waals surface area contributed by atoms with E-state index in [1.165, 1.54) is 44.9 Å². The third kappa shape index (κ3) is 12.9. The first-order valence-corrected chi connectivity index (χ1v) is 9.29. The van der Waals surface area contributed by atoms with Crippen LogP contribution in [-0.2, 0) is 4.57 Å². The van der Waals surface area contributed by atoms with Gasteiger partial charge in [0.15, 0.2) is 0 Å². The Hall–Kier alpha value is 0.110. The molecule has 0 spiro atoms. The van der Waals surface area contributed by atoms with E-state index in [9.17, 15) is 14.4 Å². The van der Waals surface area contributed by atoms with Gasteiger partial charge < -0.3 is 19.5 Å². The fraction of sp³-hybridized carbons (Fsp3) is 1.00. The third-order valence-corrected chi connectivity index (χ3v) is 4.42. The van der Waals surface area contributed by atoms with Crippen LogP contribution in [0.25, 0.3) is 0 Å². The van der Waals surface area contributed by atoms with Crippen molar-refractivity contribution in [3.63, 3.8) is 0 Å². The topological polar surface area (TPSA) is 83.4 Å². The standard InChI is InChI=1S/C14H31O4P/c1-2-3-4-5-6-7-8-9-10-11-12-13-14(15)19(16,17)18/h14-15H,2-13H2,1H3,(H2,16,17,18)/p-2. The van der Waals surface area contributed by atoms with Crippen molar-refractivity contribution < 1.29 is 19.5 Å². The second-order valence-corrected chi connectivity index (χ2v) is 7.02. The van der Waals surface area contributed by atoms with E-state index in [4.69, 9.17) is 5.11 Å². The zero-order valence-electron chi connectivity index (χ0n) is 12.2. The molecular weight excluding hydrogens is 263 g/mol. The van der Waals surface area contributed by atoms with E-state index in [-0.39, 0.29) is 6.42 Å². The monoisotopic (exact) mass is 292 g/mol. The highest BCUT2D eigenvalue weighted by Gasteiger charge is 2.07. The molecule has 0 aromatic carbocycles. The van der Waals surface area contributed by atoms with Gasteiger partial charge in [0.25, 0.3) is 0 Å². The molecular formula is C14H29O4P-2. The van der Waals surface area contributed by atoms with Crippen molar-refractivity contribution in [2.45, 2.75) is 89.8 Å². The van der Waals surface area contributed by atoms with Crippen molar-refractivity contribution in [3.05, 3.63) is 0 Å². The van der Waals surface area contributed by atoms with Crippen molar-refractivity contribution in [3.8, 4) is 0 Å². The first kappa shape index (κ1) is 19.1. The molecule has 0 aliphatic rings. The van der Waals surface area contributed by atoms with Gasteiger partial charge in [0.05, 0.1) is 5.85 Å². The Kier molecular flexibility index (Phi) is 12.0. The van der Waals surface area contributed by atoms with Gasteiger partial charge in [-0.3, -0.25) is 0 Å². The van der Waals surface area contributed by atoms with Crippen LogP contribution in [0.3, 0.4) is 0 Å². The summed E-state index contributed by atoms with van der Waals surface area (Å²) < 4.78 is 10.5. The van der Waals surface area contributed by atoms with Crippen molar-refractivity contribution in [2.24, 2.45) is 0 Å². The van der Waals surface area contributed by atoms with Crippen LogP contribution in [0.15, 0.2) is 0 Å². The van der Waals surface area contributed by atoms with Gasteiger partial charge in [-0.05, 0) is 14.0 Å². The molecule has 0 saturated heterocycles. The first-order valence-electron chi connectivity index (χ1n) is 7.68. The van der Waals surface area contributed by atoms with Gasteiger partial charge in [0, 0.05) is 0 Å². The van der Waals surface area contributed by atoms with Gasteiger partial charge in [-0.1, -0.05) is 77.6 Å². The number of aliphatic hydroxyl groups excluding tert-OH is 1. The second kappa shape index (κ2) is 11.9. The maximum Gasteiger partial charge on any atom is 0.0807 e. The lowest BCUT2D eigenvalue weighted by molar-refractivity contribution is -0.322. The van der Waals surface area contributed by atoms with E-state index >= 15 is 0 Å². The maximum absolute atomic E-state index is 10.5. The lowest BCUT2D eigenvalue weighted by Gasteiger charge is -2.34. The predicted molar refractivity (Wildman–Crippen MR) is 74.7 cm³/mol. The normalized spacial score (nSPS) is 13.7. The fourth-order valence-corrected chi connectivity index (χ4v) is 2.65. The molecule has 0 aliphatic carbocycles. The summed E-state index contributed by atoms with van der Waals surface area (Å²) in [6.07, 6.45) is 13.0. The van der Waals surface area contributed by atoms with E-state index < -0.39 is 13.4 Å². The first-order chi connectivity index (χ1) is 8.98. The minimum Gasteiger partial charge on any atom is -0.809 e. The molecule has 5 heteroatoms. The molecule has 0 heterocycles. The number of rotatable bonds is 13. The summed E-state index contributed by atoms with van der Waals surface area (Å²) in [7, 11) is -4.78. The Morgan fingerprint density at radius 1 is 0.842 bits per heavy atom. The van der Waals surface area contributed by atoms with E-state index in [1.807, 2.05) is 0 Å². The van der Waals surface area contributed by atoms with Crippen LogP contribution in [0.2, 0.25) is 0 Å². The molecule has 0 saturated carbocycles. The summed E-state index contributed by atoms with van der Waals surface area (Å²) in [5.74, 6) is -1.69. The van der Waals surface area contributed by atoms with Gasteiger partial charge >= 0.3 is 0 Å². The van der Waals surface area contributed by atoms with Gasteiger partial charge in [-0.25, -0.2) is 0 Å². The molecule has 0 fully saturated rings. The summed E-state index contributed by atoms with van der Waals surface area (Å²) in [5.41, 5.74) is 0. The van der Waals surface area contributed by atoms with Crippen LogP contribution in [0.1, 0.15) is 84.0 Å². The number of aliphatic hydroxyl groups is 1. The Morgan fingerprint density at radius 3 is 1.58 bits per heavy atom. The van der Waals surface area contributed by atoms with E-state index in [0.717, 1.165) is 19.3 Å². The van der Waals surface area contributed by atoms with Crippen LogP contribution in [0, 0.1) is 0 Å². The predicted octanol–water partition coefficient (Wildman–Crippen LogP) is 2.92. The van der Waals surface area contributed by atoms with Crippen LogP contribution >= 0.6 is 7.60 Å².